The number of anilines is 1. The predicted molar refractivity (Wildman–Crippen MR) is 118 cm³/mol. The smallest absolute Gasteiger partial charge is 0.320 e. The molecule has 0 aliphatic carbocycles. The van der Waals surface area contributed by atoms with Crippen molar-refractivity contribution in [3.05, 3.63) is 35.9 Å². The van der Waals surface area contributed by atoms with E-state index in [1.807, 2.05) is 30.3 Å². The van der Waals surface area contributed by atoms with Gasteiger partial charge in [-0.3, -0.25) is 0 Å². The van der Waals surface area contributed by atoms with E-state index in [4.69, 9.17) is 28.9 Å². The first-order valence-electron chi connectivity index (χ1n) is 10.8. The molecule has 3 aromatic rings. The van der Waals surface area contributed by atoms with Gasteiger partial charge in [0.05, 0.1) is 51.2 Å². The van der Waals surface area contributed by atoms with Gasteiger partial charge in [0.15, 0.2) is 5.65 Å². The molecule has 4 heterocycles. The molecule has 2 aromatic heterocycles. The van der Waals surface area contributed by atoms with Gasteiger partial charge < -0.3 is 29.0 Å². The molecule has 0 bridgehead atoms. The van der Waals surface area contributed by atoms with Crippen molar-refractivity contribution in [3.63, 3.8) is 0 Å². The number of rotatable bonds is 6. The average molecular weight is 438 g/mol. The Hall–Kier alpha value is -3.01. The number of morpholine rings is 1. The van der Waals surface area contributed by atoms with Crippen LogP contribution in [0.5, 0.6) is 11.8 Å². The molecule has 2 saturated heterocycles. The molecule has 9 nitrogen and oxygen atoms in total. The normalized spacial score (nSPS) is 18.8. The molecule has 2 aliphatic heterocycles. The summed E-state index contributed by atoms with van der Waals surface area (Å²) in [6.07, 6.45) is 0.763. The third kappa shape index (κ3) is 4.19. The van der Waals surface area contributed by atoms with Crippen LogP contribution in [0.25, 0.3) is 22.3 Å². The zero-order chi connectivity index (χ0) is 21.9. The summed E-state index contributed by atoms with van der Waals surface area (Å²) in [6, 6.07) is 9.89. The van der Waals surface area contributed by atoms with Crippen LogP contribution in [0.3, 0.4) is 0 Å². The van der Waals surface area contributed by atoms with Crippen LogP contribution in [0.2, 0.25) is 0 Å². The Labute approximate surface area is 185 Å². The van der Waals surface area contributed by atoms with Gasteiger partial charge in [-0.05, 0) is 30.3 Å². The highest BCUT2D eigenvalue weighted by atomic mass is 16.6. The van der Waals surface area contributed by atoms with Crippen LogP contribution in [0, 0.1) is 0 Å². The lowest BCUT2D eigenvalue weighted by Gasteiger charge is -2.28. The molecule has 1 N–H and O–H groups in total. The molecule has 32 heavy (non-hydrogen) atoms. The Bertz CT molecular complexity index is 1100. The number of aliphatic hydroxyl groups excluding tert-OH is 1. The van der Waals surface area contributed by atoms with Crippen molar-refractivity contribution in [3.8, 4) is 23.0 Å². The first-order valence-corrected chi connectivity index (χ1v) is 10.8. The molecule has 1 unspecified atom stereocenters. The van der Waals surface area contributed by atoms with Gasteiger partial charge in [-0.25, -0.2) is 4.98 Å². The highest BCUT2D eigenvalue weighted by Crippen LogP contribution is 2.31. The molecule has 168 valence electrons. The zero-order valence-electron chi connectivity index (χ0n) is 18.0. The van der Waals surface area contributed by atoms with Crippen LogP contribution in [-0.2, 0) is 16.1 Å². The summed E-state index contributed by atoms with van der Waals surface area (Å²) in [5.74, 6) is 1.44. The van der Waals surface area contributed by atoms with Gasteiger partial charge in [0.1, 0.15) is 17.7 Å². The Kier molecular flexibility index (Phi) is 6.02. The van der Waals surface area contributed by atoms with E-state index >= 15 is 0 Å². The van der Waals surface area contributed by atoms with Crippen LogP contribution < -0.4 is 14.4 Å². The fraction of sp³-hybridized carbons (Fsp3) is 0.435. The molecule has 0 amide bonds. The fourth-order valence-corrected chi connectivity index (χ4v) is 4.02. The summed E-state index contributed by atoms with van der Waals surface area (Å²) in [5, 5.41) is 10.5. The minimum atomic E-state index is -0.116. The summed E-state index contributed by atoms with van der Waals surface area (Å²) >= 11 is 0. The van der Waals surface area contributed by atoms with E-state index in [1.54, 1.807) is 7.11 Å². The third-order valence-electron chi connectivity index (χ3n) is 5.74. The maximum atomic E-state index is 9.68. The van der Waals surface area contributed by atoms with E-state index < -0.39 is 0 Å². The highest BCUT2D eigenvalue weighted by Gasteiger charge is 2.23. The number of benzene rings is 1. The number of fused-ring (bicyclic) bond motifs is 1. The van der Waals surface area contributed by atoms with Gasteiger partial charge in [-0.2, -0.15) is 9.97 Å². The molecule has 0 radical (unpaired) electrons. The zero-order valence-corrected chi connectivity index (χ0v) is 18.0. The van der Waals surface area contributed by atoms with Crippen LogP contribution >= 0.6 is 0 Å². The summed E-state index contributed by atoms with van der Waals surface area (Å²) in [6.45, 7) is 3.91. The standard InChI is InChI=1S/C23H26N4O5/c1-29-20-5-2-15(12-16(20)13-28)19-4-3-18-21(24-19)25-23(32-17-6-9-31-14-17)26-22(18)27-7-10-30-11-8-27/h2-5,12,17,28H,6-11,13-14H2,1H3. The summed E-state index contributed by atoms with van der Waals surface area (Å²) in [4.78, 5) is 16.4. The molecular weight excluding hydrogens is 412 g/mol. The van der Waals surface area contributed by atoms with E-state index in [2.05, 4.69) is 9.88 Å². The maximum absolute atomic E-state index is 9.68. The molecule has 5 rings (SSSR count). The van der Waals surface area contributed by atoms with Gasteiger partial charge >= 0.3 is 6.01 Å². The second-order valence-corrected chi connectivity index (χ2v) is 7.79. The number of methoxy groups -OCH3 is 1. The van der Waals surface area contributed by atoms with E-state index in [9.17, 15) is 5.11 Å². The van der Waals surface area contributed by atoms with E-state index in [1.165, 1.54) is 0 Å². The predicted octanol–water partition coefficient (Wildman–Crippen LogP) is 2.20. The fourth-order valence-electron chi connectivity index (χ4n) is 4.02. The SMILES string of the molecule is COc1ccc(-c2ccc3c(N4CCOCC4)nc(OC4CCOC4)nc3n2)cc1CO. The molecule has 1 aromatic carbocycles. The number of nitrogens with zero attached hydrogens (tertiary/aromatic N) is 4. The number of pyridine rings is 1. The van der Waals surface area contributed by atoms with Crippen molar-refractivity contribution >= 4 is 16.9 Å². The second-order valence-electron chi connectivity index (χ2n) is 7.79. The molecule has 0 saturated carbocycles. The number of aromatic nitrogens is 3. The number of hydrogen-bond donors (Lipinski definition) is 1. The van der Waals surface area contributed by atoms with E-state index in [0.717, 1.165) is 42.0 Å². The van der Waals surface area contributed by atoms with Crippen molar-refractivity contribution in [1.82, 2.24) is 15.0 Å². The molecule has 2 fully saturated rings. The van der Waals surface area contributed by atoms with Crippen molar-refractivity contribution in [2.75, 3.05) is 51.5 Å². The summed E-state index contributed by atoms with van der Waals surface area (Å²) in [7, 11) is 1.59. The lowest BCUT2D eigenvalue weighted by molar-refractivity contribution is 0.122. The Balaban J connectivity index is 1.57. The Morgan fingerprint density at radius 2 is 1.94 bits per heavy atom. The van der Waals surface area contributed by atoms with Crippen molar-refractivity contribution in [1.29, 1.82) is 0 Å². The highest BCUT2D eigenvalue weighted by molar-refractivity contribution is 5.89. The maximum Gasteiger partial charge on any atom is 0.320 e. The monoisotopic (exact) mass is 438 g/mol. The first-order chi connectivity index (χ1) is 15.7. The lowest BCUT2D eigenvalue weighted by Crippen LogP contribution is -2.37. The molecular formula is C23H26N4O5. The minimum absolute atomic E-state index is 0.0538. The van der Waals surface area contributed by atoms with Crippen LogP contribution in [0.4, 0.5) is 5.82 Å². The molecule has 2 aliphatic rings. The van der Waals surface area contributed by atoms with Crippen LogP contribution in [0.1, 0.15) is 12.0 Å². The van der Waals surface area contributed by atoms with Gasteiger partial charge in [-0.15, -0.1) is 0 Å². The molecule has 1 atom stereocenters. The van der Waals surface area contributed by atoms with E-state index in [0.29, 0.717) is 49.4 Å². The van der Waals surface area contributed by atoms with Gasteiger partial charge in [0, 0.05) is 30.6 Å². The van der Waals surface area contributed by atoms with Gasteiger partial charge in [0.2, 0.25) is 0 Å². The van der Waals surface area contributed by atoms with Crippen LogP contribution in [-0.4, -0.2) is 72.8 Å². The number of ether oxygens (including phenoxy) is 4. The van der Waals surface area contributed by atoms with Crippen LogP contribution in [0.15, 0.2) is 30.3 Å². The van der Waals surface area contributed by atoms with Gasteiger partial charge in [0.25, 0.3) is 0 Å². The number of hydrogen-bond acceptors (Lipinski definition) is 9. The van der Waals surface area contributed by atoms with Gasteiger partial charge in [-0.1, -0.05) is 0 Å². The molecule has 9 heteroatoms. The Morgan fingerprint density at radius 3 is 2.69 bits per heavy atom. The van der Waals surface area contributed by atoms with Crippen molar-refractivity contribution in [2.24, 2.45) is 0 Å². The largest absolute Gasteiger partial charge is 0.496 e. The Morgan fingerprint density at radius 1 is 1.06 bits per heavy atom. The van der Waals surface area contributed by atoms with Crippen molar-refractivity contribution < 1.29 is 24.1 Å². The average Bonchev–Trinajstić information content (AvgIpc) is 3.36. The third-order valence-corrected chi connectivity index (χ3v) is 5.74. The minimum Gasteiger partial charge on any atom is -0.496 e. The lowest BCUT2D eigenvalue weighted by atomic mass is 10.1. The van der Waals surface area contributed by atoms with Crippen molar-refractivity contribution in [2.45, 2.75) is 19.1 Å². The quantitative estimate of drug-likeness (QED) is 0.621. The number of aliphatic hydroxyl groups is 1. The second kappa shape index (κ2) is 9.23. The summed E-state index contributed by atoms with van der Waals surface area (Å²) in [5.41, 5.74) is 2.88. The van der Waals surface area contributed by atoms with E-state index in [-0.39, 0.29) is 12.7 Å². The first kappa shape index (κ1) is 20.9. The topological polar surface area (TPSA) is 99.1 Å². The molecule has 0 spiro atoms. The summed E-state index contributed by atoms with van der Waals surface area (Å²) < 4.78 is 22.3.